The largest absolute Gasteiger partial charge is 0.324 e. The maximum absolute atomic E-state index is 13.1. The first-order chi connectivity index (χ1) is 8.95. The summed E-state index contributed by atoms with van der Waals surface area (Å²) < 4.78 is 26.0. The van der Waals surface area contributed by atoms with Gasteiger partial charge in [0.05, 0.1) is 0 Å². The fraction of sp³-hybridized carbons (Fsp3) is 0.267. The molecule has 1 aromatic carbocycles. The molecule has 0 bridgehead atoms. The van der Waals surface area contributed by atoms with E-state index in [0.717, 1.165) is 23.0 Å². The predicted molar refractivity (Wildman–Crippen MR) is 70.7 cm³/mol. The number of hydrogen-bond donors (Lipinski definition) is 1. The van der Waals surface area contributed by atoms with Crippen LogP contribution in [0.25, 0.3) is 0 Å². The summed E-state index contributed by atoms with van der Waals surface area (Å²) in [6.07, 6.45) is 0.458. The predicted octanol–water partition coefficient (Wildman–Crippen LogP) is 3.22. The number of aromatic nitrogens is 1. The molecule has 4 heteroatoms. The normalized spacial score (nSPS) is 12.5. The van der Waals surface area contributed by atoms with Gasteiger partial charge in [0.2, 0.25) is 0 Å². The van der Waals surface area contributed by atoms with Crippen molar-refractivity contribution in [2.24, 2.45) is 5.73 Å². The molecule has 0 aliphatic rings. The molecule has 0 fully saturated rings. The van der Waals surface area contributed by atoms with Crippen LogP contribution >= 0.6 is 0 Å². The van der Waals surface area contributed by atoms with E-state index in [0.29, 0.717) is 12.0 Å². The van der Waals surface area contributed by atoms with E-state index in [1.54, 1.807) is 6.07 Å². The number of rotatable bonds is 3. The van der Waals surface area contributed by atoms with Crippen LogP contribution in [0.1, 0.15) is 28.6 Å². The maximum atomic E-state index is 13.1. The van der Waals surface area contributed by atoms with Crippen LogP contribution < -0.4 is 5.73 Å². The molecule has 19 heavy (non-hydrogen) atoms. The Bertz CT molecular complexity index is 576. The number of hydrogen-bond acceptors (Lipinski definition) is 2. The van der Waals surface area contributed by atoms with Crippen molar-refractivity contribution in [1.29, 1.82) is 0 Å². The fourth-order valence-corrected chi connectivity index (χ4v) is 2.12. The lowest BCUT2D eigenvalue weighted by Gasteiger charge is -2.13. The van der Waals surface area contributed by atoms with E-state index >= 15 is 0 Å². The van der Waals surface area contributed by atoms with E-state index < -0.39 is 11.6 Å². The molecule has 0 saturated heterocycles. The van der Waals surface area contributed by atoms with Gasteiger partial charge in [-0.15, -0.1) is 0 Å². The second kappa shape index (κ2) is 5.45. The maximum Gasteiger partial charge on any atom is 0.159 e. The third kappa shape index (κ3) is 3.35. The van der Waals surface area contributed by atoms with Gasteiger partial charge in [-0.2, -0.15) is 0 Å². The molecule has 1 atom stereocenters. The highest BCUT2D eigenvalue weighted by Gasteiger charge is 2.10. The summed E-state index contributed by atoms with van der Waals surface area (Å²) in [6.45, 7) is 3.81. The average molecular weight is 262 g/mol. The SMILES string of the molecule is Cc1cc(C(N)Cc2ccc(F)c(F)c2)cc(C)n1. The third-order valence-corrected chi connectivity index (χ3v) is 2.97. The van der Waals surface area contributed by atoms with Gasteiger partial charge in [-0.1, -0.05) is 6.07 Å². The second-order valence-corrected chi connectivity index (χ2v) is 4.74. The van der Waals surface area contributed by atoms with E-state index in [1.807, 2.05) is 26.0 Å². The highest BCUT2D eigenvalue weighted by atomic mass is 19.2. The Kier molecular flexibility index (Phi) is 3.90. The molecule has 2 rings (SSSR count). The molecule has 0 amide bonds. The molecule has 1 unspecified atom stereocenters. The molecular formula is C15H16F2N2. The first-order valence-corrected chi connectivity index (χ1v) is 6.10. The van der Waals surface area contributed by atoms with Crippen LogP contribution in [0.15, 0.2) is 30.3 Å². The molecule has 0 aliphatic carbocycles. The summed E-state index contributed by atoms with van der Waals surface area (Å²) in [4.78, 5) is 4.28. The highest BCUT2D eigenvalue weighted by molar-refractivity contribution is 5.26. The van der Waals surface area contributed by atoms with Crippen LogP contribution in [0.4, 0.5) is 8.78 Å². The lowest BCUT2D eigenvalue weighted by molar-refractivity contribution is 0.506. The monoisotopic (exact) mass is 262 g/mol. The van der Waals surface area contributed by atoms with Gasteiger partial charge in [-0.25, -0.2) is 8.78 Å². The molecule has 0 aliphatic heterocycles. The van der Waals surface area contributed by atoms with Crippen LogP contribution in [0.2, 0.25) is 0 Å². The van der Waals surface area contributed by atoms with Gasteiger partial charge in [0.1, 0.15) is 0 Å². The molecule has 2 N–H and O–H groups in total. The number of aryl methyl sites for hydroxylation is 2. The molecule has 0 radical (unpaired) electrons. The lowest BCUT2D eigenvalue weighted by Crippen LogP contribution is -2.14. The van der Waals surface area contributed by atoms with Gasteiger partial charge in [0.25, 0.3) is 0 Å². The molecule has 1 aromatic heterocycles. The standard InChI is InChI=1S/C15H16F2N2/c1-9-5-12(6-10(2)19-9)15(18)8-11-3-4-13(16)14(17)7-11/h3-7,15H,8,18H2,1-2H3. The molecule has 0 saturated carbocycles. The van der Waals surface area contributed by atoms with Gasteiger partial charge in [-0.3, -0.25) is 4.98 Å². The minimum absolute atomic E-state index is 0.259. The van der Waals surface area contributed by atoms with Crippen molar-refractivity contribution in [1.82, 2.24) is 4.98 Å². The van der Waals surface area contributed by atoms with Gasteiger partial charge >= 0.3 is 0 Å². The summed E-state index contributed by atoms with van der Waals surface area (Å²) >= 11 is 0. The van der Waals surface area contributed by atoms with Crippen molar-refractivity contribution in [2.75, 3.05) is 0 Å². The van der Waals surface area contributed by atoms with E-state index in [1.165, 1.54) is 6.07 Å². The fourth-order valence-electron chi connectivity index (χ4n) is 2.12. The number of nitrogens with zero attached hydrogens (tertiary/aromatic N) is 1. The first-order valence-electron chi connectivity index (χ1n) is 6.10. The van der Waals surface area contributed by atoms with Gasteiger partial charge < -0.3 is 5.73 Å². The van der Waals surface area contributed by atoms with Crippen molar-refractivity contribution in [3.63, 3.8) is 0 Å². The van der Waals surface area contributed by atoms with Crippen molar-refractivity contribution in [3.8, 4) is 0 Å². The van der Waals surface area contributed by atoms with E-state index in [9.17, 15) is 8.78 Å². The molecule has 1 heterocycles. The Balaban J connectivity index is 2.20. The molecular weight excluding hydrogens is 246 g/mol. The quantitative estimate of drug-likeness (QED) is 0.922. The Morgan fingerprint density at radius 3 is 2.26 bits per heavy atom. The van der Waals surface area contributed by atoms with Crippen molar-refractivity contribution >= 4 is 0 Å². The Morgan fingerprint density at radius 1 is 1.05 bits per heavy atom. The first kappa shape index (κ1) is 13.6. The summed E-state index contributed by atoms with van der Waals surface area (Å²) in [5, 5.41) is 0. The zero-order valence-corrected chi connectivity index (χ0v) is 11.0. The van der Waals surface area contributed by atoms with Crippen molar-refractivity contribution in [3.05, 3.63) is 64.5 Å². The summed E-state index contributed by atoms with van der Waals surface area (Å²) in [7, 11) is 0. The van der Waals surface area contributed by atoms with Crippen LogP contribution in [0.5, 0.6) is 0 Å². The second-order valence-electron chi connectivity index (χ2n) is 4.74. The number of pyridine rings is 1. The summed E-state index contributed by atoms with van der Waals surface area (Å²) in [6, 6.07) is 7.44. The highest BCUT2D eigenvalue weighted by Crippen LogP contribution is 2.19. The molecule has 2 nitrogen and oxygen atoms in total. The van der Waals surface area contributed by atoms with Crippen LogP contribution in [0, 0.1) is 25.5 Å². The molecule has 0 spiro atoms. The minimum Gasteiger partial charge on any atom is -0.324 e. The van der Waals surface area contributed by atoms with Gasteiger partial charge in [0, 0.05) is 17.4 Å². The van der Waals surface area contributed by atoms with E-state index in [-0.39, 0.29) is 6.04 Å². The zero-order valence-electron chi connectivity index (χ0n) is 11.0. The topological polar surface area (TPSA) is 38.9 Å². The average Bonchev–Trinajstić information content (AvgIpc) is 2.32. The summed E-state index contributed by atoms with van der Waals surface area (Å²) in [5.41, 5.74) is 9.54. The van der Waals surface area contributed by atoms with Crippen molar-refractivity contribution in [2.45, 2.75) is 26.3 Å². The molecule has 100 valence electrons. The van der Waals surface area contributed by atoms with Crippen molar-refractivity contribution < 1.29 is 8.78 Å². The van der Waals surface area contributed by atoms with Gasteiger partial charge in [0.15, 0.2) is 11.6 Å². The van der Waals surface area contributed by atoms with Crippen LogP contribution in [-0.4, -0.2) is 4.98 Å². The zero-order chi connectivity index (χ0) is 14.0. The van der Waals surface area contributed by atoms with E-state index in [2.05, 4.69) is 4.98 Å². The smallest absolute Gasteiger partial charge is 0.159 e. The Morgan fingerprint density at radius 2 is 1.68 bits per heavy atom. The number of nitrogens with two attached hydrogens (primary N) is 1. The Labute approximate surface area is 111 Å². The number of halogens is 2. The minimum atomic E-state index is -0.841. The third-order valence-electron chi connectivity index (χ3n) is 2.97. The van der Waals surface area contributed by atoms with Gasteiger partial charge in [-0.05, 0) is 55.7 Å². The summed E-state index contributed by atoms with van der Waals surface area (Å²) in [5.74, 6) is -1.68. The lowest BCUT2D eigenvalue weighted by atomic mass is 9.99. The number of benzene rings is 1. The van der Waals surface area contributed by atoms with Crippen LogP contribution in [-0.2, 0) is 6.42 Å². The Hall–Kier alpha value is -1.81. The molecule has 2 aromatic rings. The van der Waals surface area contributed by atoms with Crippen LogP contribution in [0.3, 0.4) is 0 Å². The van der Waals surface area contributed by atoms with E-state index in [4.69, 9.17) is 5.73 Å².